The van der Waals surface area contributed by atoms with Gasteiger partial charge in [0.25, 0.3) is 0 Å². The van der Waals surface area contributed by atoms with Crippen LogP contribution >= 0.6 is 23.2 Å². The van der Waals surface area contributed by atoms with E-state index in [4.69, 9.17) is 37.2 Å². The number of benzene rings is 2. The molecule has 5 nitrogen and oxygen atoms in total. The SMILES string of the molecule is CC1(C)OB(c2cc(Cl)cc(Cl)c2NC(=O)OCc2ccccc2)OC1(C)C. The number of hydrogen-bond donors (Lipinski definition) is 1. The minimum Gasteiger partial charge on any atom is -0.444 e. The molecule has 1 amide bonds. The smallest absolute Gasteiger partial charge is 0.444 e. The molecule has 1 aliphatic rings. The number of nitrogens with one attached hydrogen (secondary N) is 1. The maximum absolute atomic E-state index is 12.3. The average molecular weight is 422 g/mol. The summed E-state index contributed by atoms with van der Waals surface area (Å²) in [4.78, 5) is 12.3. The van der Waals surface area contributed by atoms with Crippen LogP contribution < -0.4 is 10.8 Å². The van der Waals surface area contributed by atoms with Gasteiger partial charge in [0.1, 0.15) is 6.61 Å². The summed E-state index contributed by atoms with van der Waals surface area (Å²) in [6.07, 6.45) is -0.633. The zero-order valence-corrected chi connectivity index (χ0v) is 17.7. The van der Waals surface area contributed by atoms with Gasteiger partial charge >= 0.3 is 13.2 Å². The second kappa shape index (κ2) is 7.95. The summed E-state index contributed by atoms with van der Waals surface area (Å²) >= 11 is 12.5. The number of carbonyl (C=O) groups excluding carboxylic acids is 1. The Balaban J connectivity index is 1.80. The van der Waals surface area contributed by atoms with Crippen LogP contribution in [0, 0.1) is 0 Å². The molecular weight excluding hydrogens is 400 g/mol. The predicted molar refractivity (Wildman–Crippen MR) is 112 cm³/mol. The molecule has 1 fully saturated rings. The van der Waals surface area contributed by atoms with Crippen LogP contribution in [0.3, 0.4) is 0 Å². The van der Waals surface area contributed by atoms with Crippen molar-refractivity contribution >= 4 is 47.6 Å². The Morgan fingerprint density at radius 1 is 1.07 bits per heavy atom. The van der Waals surface area contributed by atoms with E-state index in [1.807, 2.05) is 58.0 Å². The molecular formula is C20H22BCl2NO4. The maximum Gasteiger partial charge on any atom is 0.497 e. The summed E-state index contributed by atoms with van der Waals surface area (Å²) < 4.78 is 17.5. The van der Waals surface area contributed by atoms with Gasteiger partial charge in [-0.1, -0.05) is 53.5 Å². The lowest BCUT2D eigenvalue weighted by molar-refractivity contribution is 0.00578. The molecule has 0 radical (unpaired) electrons. The van der Waals surface area contributed by atoms with Gasteiger partial charge in [-0.2, -0.15) is 0 Å². The Morgan fingerprint density at radius 2 is 1.68 bits per heavy atom. The van der Waals surface area contributed by atoms with Crippen LogP contribution in [0.1, 0.15) is 33.3 Å². The molecule has 0 atom stereocenters. The highest BCUT2D eigenvalue weighted by Crippen LogP contribution is 2.38. The molecule has 0 spiro atoms. The number of halogens is 2. The van der Waals surface area contributed by atoms with Crippen molar-refractivity contribution < 1.29 is 18.8 Å². The Hall–Kier alpha value is -1.73. The van der Waals surface area contributed by atoms with E-state index in [9.17, 15) is 4.79 Å². The number of rotatable bonds is 4. The molecule has 148 valence electrons. The van der Waals surface area contributed by atoms with Gasteiger partial charge in [0, 0.05) is 10.5 Å². The molecule has 1 saturated heterocycles. The van der Waals surface area contributed by atoms with Crippen molar-refractivity contribution in [3.05, 3.63) is 58.1 Å². The van der Waals surface area contributed by atoms with Crippen LogP contribution in [0.25, 0.3) is 0 Å². The number of anilines is 1. The zero-order chi connectivity index (χ0) is 20.5. The first-order chi connectivity index (χ1) is 13.1. The lowest BCUT2D eigenvalue weighted by atomic mass is 9.77. The van der Waals surface area contributed by atoms with Crippen molar-refractivity contribution in [3.8, 4) is 0 Å². The average Bonchev–Trinajstić information content (AvgIpc) is 2.83. The molecule has 1 N–H and O–H groups in total. The van der Waals surface area contributed by atoms with Gasteiger partial charge in [-0.05, 0) is 45.4 Å². The van der Waals surface area contributed by atoms with Crippen molar-refractivity contribution in [3.63, 3.8) is 0 Å². The third-order valence-corrected chi connectivity index (χ3v) is 5.55. The van der Waals surface area contributed by atoms with Crippen LogP contribution in [0.5, 0.6) is 0 Å². The summed E-state index contributed by atoms with van der Waals surface area (Å²) in [5.41, 5.74) is 0.677. The monoisotopic (exact) mass is 421 g/mol. The van der Waals surface area contributed by atoms with Crippen molar-refractivity contribution in [2.24, 2.45) is 0 Å². The van der Waals surface area contributed by atoms with E-state index in [2.05, 4.69) is 5.32 Å². The third-order valence-electron chi connectivity index (χ3n) is 5.03. The van der Waals surface area contributed by atoms with Gasteiger partial charge in [-0.25, -0.2) is 4.79 Å². The van der Waals surface area contributed by atoms with Crippen molar-refractivity contribution in [2.75, 3.05) is 5.32 Å². The summed E-state index contributed by atoms with van der Waals surface area (Å²) in [6, 6.07) is 12.6. The highest BCUT2D eigenvalue weighted by atomic mass is 35.5. The summed E-state index contributed by atoms with van der Waals surface area (Å²) in [6.45, 7) is 7.92. The lowest BCUT2D eigenvalue weighted by Crippen LogP contribution is -2.41. The molecule has 1 aliphatic heterocycles. The van der Waals surface area contributed by atoms with Gasteiger partial charge in [-0.15, -0.1) is 0 Å². The van der Waals surface area contributed by atoms with Gasteiger partial charge < -0.3 is 14.0 Å². The first kappa shape index (κ1) is 21.0. The van der Waals surface area contributed by atoms with Crippen molar-refractivity contribution in [1.29, 1.82) is 0 Å². The predicted octanol–water partition coefficient (Wildman–Crippen LogP) is 5.04. The molecule has 3 rings (SSSR count). The van der Waals surface area contributed by atoms with Gasteiger partial charge in [-0.3, -0.25) is 5.32 Å². The van der Waals surface area contributed by atoms with E-state index < -0.39 is 24.4 Å². The topological polar surface area (TPSA) is 56.8 Å². The maximum atomic E-state index is 12.3. The molecule has 28 heavy (non-hydrogen) atoms. The molecule has 0 unspecified atom stereocenters. The second-order valence-electron chi connectivity index (χ2n) is 7.63. The fraction of sp³-hybridized carbons (Fsp3) is 0.350. The third kappa shape index (κ3) is 4.46. The van der Waals surface area contributed by atoms with E-state index in [1.165, 1.54) is 0 Å². The molecule has 0 saturated carbocycles. The molecule has 0 aromatic heterocycles. The first-order valence-corrected chi connectivity index (χ1v) is 9.67. The molecule has 8 heteroatoms. The fourth-order valence-electron chi connectivity index (χ4n) is 2.74. The van der Waals surface area contributed by atoms with Crippen molar-refractivity contribution in [1.82, 2.24) is 0 Å². The van der Waals surface area contributed by atoms with E-state index in [0.29, 0.717) is 16.2 Å². The number of hydrogen-bond acceptors (Lipinski definition) is 4. The largest absolute Gasteiger partial charge is 0.497 e. The normalized spacial score (nSPS) is 17.4. The van der Waals surface area contributed by atoms with Crippen molar-refractivity contribution in [2.45, 2.75) is 45.5 Å². The Morgan fingerprint density at radius 3 is 2.29 bits per heavy atom. The molecule has 2 aromatic carbocycles. The van der Waals surface area contributed by atoms with E-state index in [-0.39, 0.29) is 11.6 Å². The number of carbonyl (C=O) groups is 1. The Labute approximate surface area is 175 Å². The molecule has 1 heterocycles. The standard InChI is InChI=1S/C20H22BCl2NO4/c1-19(2)20(3,4)28-21(27-19)15-10-14(22)11-16(23)17(15)24-18(25)26-12-13-8-6-5-7-9-13/h5-11H,12H2,1-4H3,(H,24,25). The van der Waals surface area contributed by atoms with Gasteiger partial charge in [0.2, 0.25) is 0 Å². The molecule has 0 aliphatic carbocycles. The highest BCUT2D eigenvalue weighted by Gasteiger charge is 2.52. The summed E-state index contributed by atoms with van der Waals surface area (Å²) in [5, 5.41) is 3.38. The van der Waals surface area contributed by atoms with E-state index in [1.54, 1.807) is 12.1 Å². The van der Waals surface area contributed by atoms with Gasteiger partial charge in [0.15, 0.2) is 0 Å². The van der Waals surface area contributed by atoms with Crippen LogP contribution in [0.2, 0.25) is 10.0 Å². The Kier molecular flexibility index (Phi) is 5.96. The van der Waals surface area contributed by atoms with E-state index in [0.717, 1.165) is 5.56 Å². The van der Waals surface area contributed by atoms with Gasteiger partial charge in [0.05, 0.1) is 21.9 Å². The summed E-state index contributed by atoms with van der Waals surface area (Å²) in [7, 11) is -0.731. The quantitative estimate of drug-likeness (QED) is 0.702. The number of ether oxygens (including phenoxy) is 1. The zero-order valence-electron chi connectivity index (χ0n) is 16.2. The van der Waals surface area contributed by atoms with Crippen LogP contribution in [-0.4, -0.2) is 24.4 Å². The van der Waals surface area contributed by atoms with Crippen LogP contribution in [0.15, 0.2) is 42.5 Å². The minimum atomic E-state index is -0.731. The Bertz CT molecular complexity index is 858. The fourth-order valence-corrected chi connectivity index (χ4v) is 3.30. The van der Waals surface area contributed by atoms with Crippen LogP contribution in [0.4, 0.5) is 10.5 Å². The second-order valence-corrected chi connectivity index (χ2v) is 8.47. The first-order valence-electron chi connectivity index (χ1n) is 8.91. The molecule has 2 aromatic rings. The number of amides is 1. The molecule has 0 bridgehead atoms. The van der Waals surface area contributed by atoms with E-state index >= 15 is 0 Å². The van der Waals surface area contributed by atoms with Crippen LogP contribution in [-0.2, 0) is 20.7 Å². The minimum absolute atomic E-state index is 0.143. The highest BCUT2D eigenvalue weighted by molar-refractivity contribution is 6.65. The lowest BCUT2D eigenvalue weighted by Gasteiger charge is -2.32. The summed E-state index contributed by atoms with van der Waals surface area (Å²) in [5.74, 6) is 0.